The summed E-state index contributed by atoms with van der Waals surface area (Å²) >= 11 is 0.993. The Morgan fingerprint density at radius 3 is 2.65 bits per heavy atom. The molecule has 1 saturated heterocycles. The third-order valence-corrected chi connectivity index (χ3v) is 6.85. The van der Waals surface area contributed by atoms with Crippen molar-refractivity contribution in [1.82, 2.24) is 15.0 Å². The lowest BCUT2D eigenvalue weighted by molar-refractivity contribution is 0.0261. The van der Waals surface area contributed by atoms with Crippen molar-refractivity contribution < 1.29 is 23.0 Å². The van der Waals surface area contributed by atoms with Crippen LogP contribution in [0.4, 0.5) is 20.4 Å². The number of hydrogen-bond donors (Lipinski definition) is 2. The number of nitrogens with one attached hydrogen (secondary N) is 1. The monoisotopic (exact) mass is 525 g/mol. The smallest absolute Gasteiger partial charge is 0.237 e. The normalized spacial score (nSPS) is 14.1. The van der Waals surface area contributed by atoms with Gasteiger partial charge in [-0.15, -0.1) is 0 Å². The first kappa shape index (κ1) is 25.0. The zero-order chi connectivity index (χ0) is 25.9. The average Bonchev–Trinajstić information content (AvgIpc) is 2.89. The summed E-state index contributed by atoms with van der Waals surface area (Å²) in [7, 11) is 1.50. The van der Waals surface area contributed by atoms with Gasteiger partial charge in [-0.05, 0) is 54.8 Å². The predicted octanol–water partition coefficient (Wildman–Crippen LogP) is 5.55. The summed E-state index contributed by atoms with van der Waals surface area (Å²) in [5.41, 5.74) is 9.42. The Kier molecular flexibility index (Phi) is 7.24. The highest BCUT2D eigenvalue weighted by Crippen LogP contribution is 2.37. The van der Waals surface area contributed by atoms with Crippen LogP contribution in [0.1, 0.15) is 18.5 Å². The standard InChI is InChI=1S/C26H25F2N5O3S/c1-14-19-9-15(11-22(24(19)32-26(29)31-14)36-18-5-7-35-8-6-18)16-10-21(25(34-2)30-13-16)33-37-23-4-3-17(27)12-20(23)28/h3-4,9-13,18,33H,5-8H2,1-2H3,(H2,29,31,32). The molecule has 0 aliphatic carbocycles. The fraction of sp³-hybridized carbons (Fsp3) is 0.269. The second-order valence-electron chi connectivity index (χ2n) is 8.53. The maximum atomic E-state index is 14.1. The van der Waals surface area contributed by atoms with E-state index in [0.29, 0.717) is 36.0 Å². The number of nitrogens with two attached hydrogens (primary N) is 1. The number of halogens is 2. The molecule has 192 valence electrons. The van der Waals surface area contributed by atoms with Crippen LogP contribution in [0.3, 0.4) is 0 Å². The lowest BCUT2D eigenvalue weighted by Crippen LogP contribution is -2.26. The van der Waals surface area contributed by atoms with Crippen molar-refractivity contribution in [3.63, 3.8) is 0 Å². The van der Waals surface area contributed by atoms with Gasteiger partial charge >= 0.3 is 0 Å². The molecule has 1 aliphatic heterocycles. The minimum absolute atomic E-state index is 0.00285. The summed E-state index contributed by atoms with van der Waals surface area (Å²) in [5, 5.41) is 0.807. The van der Waals surface area contributed by atoms with Crippen molar-refractivity contribution in [1.29, 1.82) is 0 Å². The fourth-order valence-corrected chi connectivity index (χ4v) is 4.77. The van der Waals surface area contributed by atoms with Crippen molar-refractivity contribution in [3.8, 4) is 22.8 Å². The second kappa shape index (κ2) is 10.7. The Labute approximate surface area is 216 Å². The highest BCUT2D eigenvalue weighted by Gasteiger charge is 2.20. The molecule has 8 nitrogen and oxygen atoms in total. The molecule has 2 aromatic carbocycles. The quantitative estimate of drug-likeness (QED) is 0.301. The number of nitrogen functional groups attached to an aromatic ring is 1. The topological polar surface area (TPSA) is 104 Å². The minimum Gasteiger partial charge on any atom is -0.488 e. The van der Waals surface area contributed by atoms with Gasteiger partial charge < -0.3 is 24.7 Å². The molecule has 0 saturated carbocycles. The first-order valence-electron chi connectivity index (χ1n) is 11.7. The number of aryl methyl sites for hydroxylation is 1. The van der Waals surface area contributed by atoms with E-state index in [1.54, 1.807) is 6.20 Å². The minimum atomic E-state index is -0.667. The van der Waals surface area contributed by atoms with Crippen LogP contribution in [0, 0.1) is 18.6 Å². The number of benzene rings is 2. The molecule has 3 N–H and O–H groups in total. The van der Waals surface area contributed by atoms with E-state index in [2.05, 4.69) is 19.7 Å². The molecule has 0 bridgehead atoms. The van der Waals surface area contributed by atoms with Crippen molar-refractivity contribution in [3.05, 3.63) is 59.9 Å². The number of fused-ring (bicyclic) bond motifs is 1. The third kappa shape index (κ3) is 5.52. The summed E-state index contributed by atoms with van der Waals surface area (Å²) < 4.78 is 47.7. The molecular formula is C26H25F2N5O3S. The van der Waals surface area contributed by atoms with Gasteiger partial charge in [0.2, 0.25) is 11.8 Å². The van der Waals surface area contributed by atoms with Crippen LogP contribution in [0.15, 0.2) is 47.5 Å². The Balaban J connectivity index is 1.52. The summed E-state index contributed by atoms with van der Waals surface area (Å²) in [6, 6.07) is 9.11. The maximum absolute atomic E-state index is 14.1. The molecule has 1 aliphatic rings. The van der Waals surface area contributed by atoms with Crippen LogP contribution >= 0.6 is 11.9 Å². The van der Waals surface area contributed by atoms with Gasteiger partial charge in [0.05, 0.1) is 30.9 Å². The molecule has 0 unspecified atom stereocenters. The van der Waals surface area contributed by atoms with Gasteiger partial charge in [-0.3, -0.25) is 0 Å². The third-order valence-electron chi connectivity index (χ3n) is 5.98. The van der Waals surface area contributed by atoms with Crippen LogP contribution in [0.5, 0.6) is 11.6 Å². The molecule has 3 heterocycles. The largest absolute Gasteiger partial charge is 0.488 e. The van der Waals surface area contributed by atoms with Gasteiger partial charge in [-0.1, -0.05) is 0 Å². The lowest BCUT2D eigenvalue weighted by Gasteiger charge is -2.24. The van der Waals surface area contributed by atoms with Crippen LogP contribution < -0.4 is 19.9 Å². The molecule has 11 heteroatoms. The van der Waals surface area contributed by atoms with E-state index in [1.807, 2.05) is 25.1 Å². The molecule has 0 amide bonds. The lowest BCUT2D eigenvalue weighted by atomic mass is 10.0. The summed E-state index contributed by atoms with van der Waals surface area (Å²) in [5.74, 6) is -0.202. The van der Waals surface area contributed by atoms with Gasteiger partial charge in [0, 0.05) is 36.1 Å². The summed E-state index contributed by atoms with van der Waals surface area (Å²) in [6.45, 7) is 3.15. The van der Waals surface area contributed by atoms with Crippen LogP contribution in [-0.4, -0.2) is 41.4 Å². The van der Waals surface area contributed by atoms with E-state index in [0.717, 1.165) is 53.1 Å². The number of nitrogens with zero attached hydrogens (tertiary/aromatic N) is 3. The molecule has 4 aromatic rings. The molecule has 2 aromatic heterocycles. The van der Waals surface area contributed by atoms with Crippen LogP contribution in [0.25, 0.3) is 22.0 Å². The van der Waals surface area contributed by atoms with E-state index in [9.17, 15) is 8.78 Å². The summed E-state index contributed by atoms with van der Waals surface area (Å²) in [4.78, 5) is 13.4. The van der Waals surface area contributed by atoms with E-state index >= 15 is 0 Å². The highest BCUT2D eigenvalue weighted by molar-refractivity contribution is 8.00. The second-order valence-corrected chi connectivity index (χ2v) is 9.38. The summed E-state index contributed by atoms with van der Waals surface area (Å²) in [6.07, 6.45) is 3.23. The Morgan fingerprint density at radius 1 is 1.08 bits per heavy atom. The Morgan fingerprint density at radius 2 is 1.89 bits per heavy atom. The molecule has 1 fully saturated rings. The molecule has 0 radical (unpaired) electrons. The molecule has 0 spiro atoms. The van der Waals surface area contributed by atoms with E-state index < -0.39 is 11.6 Å². The van der Waals surface area contributed by atoms with Gasteiger partial charge in [0.1, 0.15) is 34.7 Å². The van der Waals surface area contributed by atoms with Gasteiger partial charge in [-0.2, -0.15) is 0 Å². The fourth-order valence-electron chi connectivity index (χ4n) is 4.11. The first-order chi connectivity index (χ1) is 17.9. The van der Waals surface area contributed by atoms with Gasteiger partial charge in [0.15, 0.2) is 0 Å². The number of ether oxygens (including phenoxy) is 3. The van der Waals surface area contributed by atoms with Crippen LogP contribution in [0.2, 0.25) is 0 Å². The van der Waals surface area contributed by atoms with Crippen LogP contribution in [-0.2, 0) is 4.74 Å². The van der Waals surface area contributed by atoms with Crippen molar-refractivity contribution in [2.45, 2.75) is 30.8 Å². The van der Waals surface area contributed by atoms with Gasteiger partial charge in [0.25, 0.3) is 0 Å². The first-order valence-corrected chi connectivity index (χ1v) is 12.5. The highest BCUT2D eigenvalue weighted by atomic mass is 32.2. The van der Waals surface area contributed by atoms with Gasteiger partial charge in [-0.25, -0.2) is 23.7 Å². The Hall–Kier alpha value is -3.70. The van der Waals surface area contributed by atoms with Crippen molar-refractivity contribution in [2.24, 2.45) is 0 Å². The zero-order valence-corrected chi connectivity index (χ0v) is 21.1. The van der Waals surface area contributed by atoms with Crippen molar-refractivity contribution >= 4 is 34.5 Å². The number of aromatic nitrogens is 3. The molecule has 37 heavy (non-hydrogen) atoms. The van der Waals surface area contributed by atoms with Crippen molar-refractivity contribution in [2.75, 3.05) is 30.8 Å². The molecule has 5 rings (SSSR count). The predicted molar refractivity (Wildman–Crippen MR) is 139 cm³/mol. The van der Waals surface area contributed by atoms with E-state index in [1.165, 1.54) is 19.2 Å². The number of methoxy groups -OCH3 is 1. The number of anilines is 2. The molecule has 0 atom stereocenters. The SMILES string of the molecule is COc1ncc(-c2cc(OC3CCOCC3)c3nc(N)nc(C)c3c2)cc1NSc1ccc(F)cc1F. The van der Waals surface area contributed by atoms with E-state index in [-0.39, 0.29) is 16.9 Å². The molecular weight excluding hydrogens is 500 g/mol. The number of rotatable bonds is 7. The van der Waals surface area contributed by atoms with E-state index in [4.69, 9.17) is 19.9 Å². The number of hydrogen-bond acceptors (Lipinski definition) is 9. The maximum Gasteiger partial charge on any atom is 0.237 e. The Bertz CT molecular complexity index is 1450. The zero-order valence-electron chi connectivity index (χ0n) is 20.3. The number of pyridine rings is 1. The average molecular weight is 526 g/mol.